The number of hydrogen-bond acceptors (Lipinski definition) is 2. The Hall–Kier alpha value is -1.68. The Morgan fingerprint density at radius 1 is 1.35 bits per heavy atom. The van der Waals surface area contributed by atoms with Crippen LogP contribution < -0.4 is 5.32 Å². The zero-order valence-corrected chi connectivity index (χ0v) is 9.65. The van der Waals surface area contributed by atoms with E-state index in [1.54, 1.807) is 12.1 Å². The van der Waals surface area contributed by atoms with Gasteiger partial charge in [0.2, 0.25) is 0 Å². The minimum Gasteiger partial charge on any atom is -0.309 e. The number of benzene rings is 1. The molecule has 2 aromatic rings. The van der Waals surface area contributed by atoms with E-state index < -0.39 is 0 Å². The standard InChI is InChI=1S/C13H14FN3/c1-9-6-15-8-13-12(7-16-17(9)13)10-2-4-11(14)5-3-10/h2-5,7,9,15H,6,8H2,1H3/t9-/m1/s1. The van der Waals surface area contributed by atoms with E-state index in [9.17, 15) is 4.39 Å². The van der Waals surface area contributed by atoms with E-state index in [0.717, 1.165) is 24.2 Å². The lowest BCUT2D eigenvalue weighted by molar-refractivity contribution is 0.392. The molecule has 3 nitrogen and oxygen atoms in total. The van der Waals surface area contributed by atoms with Gasteiger partial charge >= 0.3 is 0 Å². The van der Waals surface area contributed by atoms with Crippen molar-refractivity contribution in [2.75, 3.05) is 6.54 Å². The predicted molar refractivity (Wildman–Crippen MR) is 64.0 cm³/mol. The van der Waals surface area contributed by atoms with Gasteiger partial charge in [-0.25, -0.2) is 4.39 Å². The summed E-state index contributed by atoms with van der Waals surface area (Å²) in [5.41, 5.74) is 3.28. The van der Waals surface area contributed by atoms with E-state index in [0.29, 0.717) is 6.04 Å². The third kappa shape index (κ3) is 1.74. The molecule has 3 rings (SSSR count). The van der Waals surface area contributed by atoms with Crippen LogP contribution in [0.3, 0.4) is 0 Å². The summed E-state index contributed by atoms with van der Waals surface area (Å²) in [5.74, 6) is -0.207. The summed E-state index contributed by atoms with van der Waals surface area (Å²) in [6.45, 7) is 3.89. The lowest BCUT2D eigenvalue weighted by Gasteiger charge is -2.22. The number of halogens is 1. The molecule has 0 unspecified atom stereocenters. The third-order valence-electron chi connectivity index (χ3n) is 3.20. The van der Waals surface area contributed by atoms with Gasteiger partial charge in [-0.15, -0.1) is 0 Å². The molecule has 0 fully saturated rings. The van der Waals surface area contributed by atoms with Gasteiger partial charge in [-0.3, -0.25) is 4.68 Å². The second kappa shape index (κ2) is 3.96. The quantitative estimate of drug-likeness (QED) is 0.816. The third-order valence-corrected chi connectivity index (χ3v) is 3.20. The topological polar surface area (TPSA) is 29.9 Å². The Kier molecular flexibility index (Phi) is 2.44. The molecule has 0 radical (unpaired) electrons. The summed E-state index contributed by atoms with van der Waals surface area (Å²) in [7, 11) is 0. The molecule has 1 N–H and O–H groups in total. The summed E-state index contributed by atoms with van der Waals surface area (Å²) < 4.78 is 14.9. The van der Waals surface area contributed by atoms with Crippen LogP contribution in [0.25, 0.3) is 11.1 Å². The Labute approximate surface area is 99.3 Å². The van der Waals surface area contributed by atoms with Gasteiger partial charge in [-0.05, 0) is 24.6 Å². The zero-order chi connectivity index (χ0) is 11.8. The van der Waals surface area contributed by atoms with Crippen molar-refractivity contribution in [3.8, 4) is 11.1 Å². The van der Waals surface area contributed by atoms with Crippen LogP contribution >= 0.6 is 0 Å². The Morgan fingerprint density at radius 3 is 2.88 bits per heavy atom. The molecule has 1 atom stereocenters. The maximum Gasteiger partial charge on any atom is 0.123 e. The van der Waals surface area contributed by atoms with Gasteiger partial charge in [0.05, 0.1) is 17.9 Å². The van der Waals surface area contributed by atoms with Crippen molar-refractivity contribution >= 4 is 0 Å². The van der Waals surface area contributed by atoms with Crippen molar-refractivity contribution in [2.45, 2.75) is 19.5 Å². The molecule has 0 bridgehead atoms. The smallest absolute Gasteiger partial charge is 0.123 e. The molecule has 0 aliphatic carbocycles. The fourth-order valence-electron chi connectivity index (χ4n) is 2.30. The average molecular weight is 231 g/mol. The molecule has 0 saturated carbocycles. The number of aromatic nitrogens is 2. The number of rotatable bonds is 1. The number of hydrogen-bond donors (Lipinski definition) is 1. The first-order valence-corrected chi connectivity index (χ1v) is 5.79. The lowest BCUT2D eigenvalue weighted by Crippen LogP contribution is -2.32. The average Bonchev–Trinajstić information content (AvgIpc) is 2.75. The fourth-order valence-corrected chi connectivity index (χ4v) is 2.30. The summed E-state index contributed by atoms with van der Waals surface area (Å²) in [6.07, 6.45) is 1.87. The summed E-state index contributed by atoms with van der Waals surface area (Å²) in [5, 5.41) is 7.78. The monoisotopic (exact) mass is 231 g/mol. The van der Waals surface area contributed by atoms with E-state index in [4.69, 9.17) is 0 Å². The van der Waals surface area contributed by atoms with Gasteiger partial charge in [0.25, 0.3) is 0 Å². The predicted octanol–water partition coefficient (Wildman–Crippen LogP) is 2.35. The molecular weight excluding hydrogens is 217 g/mol. The van der Waals surface area contributed by atoms with Crippen LogP contribution in [0.2, 0.25) is 0 Å². The van der Waals surface area contributed by atoms with E-state index in [1.807, 2.05) is 6.20 Å². The molecular formula is C13H14FN3. The number of nitrogens with zero attached hydrogens (tertiary/aromatic N) is 2. The molecule has 0 amide bonds. The minimum atomic E-state index is -0.207. The van der Waals surface area contributed by atoms with Crippen molar-refractivity contribution in [1.29, 1.82) is 0 Å². The van der Waals surface area contributed by atoms with Gasteiger partial charge in [0, 0.05) is 18.7 Å². The van der Waals surface area contributed by atoms with Gasteiger partial charge in [-0.1, -0.05) is 12.1 Å². The van der Waals surface area contributed by atoms with Crippen molar-refractivity contribution < 1.29 is 4.39 Å². The van der Waals surface area contributed by atoms with Crippen molar-refractivity contribution in [1.82, 2.24) is 15.1 Å². The zero-order valence-electron chi connectivity index (χ0n) is 9.65. The second-order valence-corrected chi connectivity index (χ2v) is 4.44. The summed E-state index contributed by atoms with van der Waals surface area (Å²) >= 11 is 0. The Balaban J connectivity index is 2.07. The summed E-state index contributed by atoms with van der Waals surface area (Å²) in [4.78, 5) is 0. The van der Waals surface area contributed by atoms with E-state index >= 15 is 0 Å². The normalized spacial score (nSPS) is 19.1. The molecule has 1 aromatic heterocycles. The highest BCUT2D eigenvalue weighted by Crippen LogP contribution is 2.27. The highest BCUT2D eigenvalue weighted by Gasteiger charge is 2.20. The van der Waals surface area contributed by atoms with Crippen molar-refractivity contribution in [3.63, 3.8) is 0 Å². The van der Waals surface area contributed by atoms with Gasteiger partial charge in [0.15, 0.2) is 0 Å². The van der Waals surface area contributed by atoms with Crippen LogP contribution in [0.15, 0.2) is 30.5 Å². The second-order valence-electron chi connectivity index (χ2n) is 4.44. The molecule has 2 heterocycles. The Morgan fingerprint density at radius 2 is 2.12 bits per heavy atom. The van der Waals surface area contributed by atoms with E-state index in [2.05, 4.69) is 22.0 Å². The fraction of sp³-hybridized carbons (Fsp3) is 0.308. The maximum atomic E-state index is 12.9. The van der Waals surface area contributed by atoms with Crippen LogP contribution in [0.5, 0.6) is 0 Å². The molecule has 17 heavy (non-hydrogen) atoms. The highest BCUT2D eigenvalue weighted by molar-refractivity contribution is 5.65. The van der Waals surface area contributed by atoms with Crippen LogP contribution in [0, 0.1) is 5.82 Å². The molecule has 1 aliphatic rings. The Bertz CT molecular complexity index is 530. The molecule has 1 aromatic carbocycles. The number of fused-ring (bicyclic) bond motifs is 1. The molecule has 4 heteroatoms. The largest absolute Gasteiger partial charge is 0.309 e. The molecule has 1 aliphatic heterocycles. The molecule has 88 valence electrons. The van der Waals surface area contributed by atoms with Crippen LogP contribution in [-0.4, -0.2) is 16.3 Å². The number of nitrogens with one attached hydrogen (secondary N) is 1. The molecule has 0 saturated heterocycles. The maximum absolute atomic E-state index is 12.9. The van der Waals surface area contributed by atoms with Crippen molar-refractivity contribution in [2.24, 2.45) is 0 Å². The van der Waals surface area contributed by atoms with Crippen LogP contribution in [0.4, 0.5) is 4.39 Å². The summed E-state index contributed by atoms with van der Waals surface area (Å²) in [6, 6.07) is 6.94. The van der Waals surface area contributed by atoms with Gasteiger partial charge < -0.3 is 5.32 Å². The first-order chi connectivity index (χ1) is 8.25. The van der Waals surface area contributed by atoms with Crippen LogP contribution in [0.1, 0.15) is 18.7 Å². The highest BCUT2D eigenvalue weighted by atomic mass is 19.1. The lowest BCUT2D eigenvalue weighted by atomic mass is 10.1. The minimum absolute atomic E-state index is 0.207. The first-order valence-electron chi connectivity index (χ1n) is 5.79. The van der Waals surface area contributed by atoms with E-state index in [1.165, 1.54) is 17.8 Å². The van der Waals surface area contributed by atoms with Crippen LogP contribution in [-0.2, 0) is 6.54 Å². The first kappa shape index (κ1) is 10.5. The van der Waals surface area contributed by atoms with Gasteiger partial charge in [0.1, 0.15) is 5.82 Å². The SMILES string of the molecule is C[C@@H]1CNCc2c(-c3ccc(F)cc3)cnn21. The van der Waals surface area contributed by atoms with E-state index in [-0.39, 0.29) is 5.82 Å². The van der Waals surface area contributed by atoms with Crippen molar-refractivity contribution in [3.05, 3.63) is 42.0 Å². The van der Waals surface area contributed by atoms with Gasteiger partial charge in [-0.2, -0.15) is 5.10 Å². The molecule has 0 spiro atoms.